The minimum absolute atomic E-state index is 0.0107. The van der Waals surface area contributed by atoms with Crippen LogP contribution < -0.4 is 9.64 Å². The summed E-state index contributed by atoms with van der Waals surface area (Å²) < 4.78 is 5.67. The van der Waals surface area contributed by atoms with Gasteiger partial charge < -0.3 is 9.64 Å². The molecule has 0 fully saturated rings. The van der Waals surface area contributed by atoms with Gasteiger partial charge >= 0.3 is 0 Å². The Kier molecular flexibility index (Phi) is 4.20. The summed E-state index contributed by atoms with van der Waals surface area (Å²) in [7, 11) is 0. The molecule has 2 aromatic carbocycles. The second-order valence-electron chi connectivity index (χ2n) is 5.90. The van der Waals surface area contributed by atoms with Gasteiger partial charge in [-0.3, -0.25) is 14.9 Å². The van der Waals surface area contributed by atoms with E-state index in [1.165, 1.54) is 24.3 Å². The zero-order chi connectivity index (χ0) is 17.3. The highest BCUT2D eigenvalue weighted by atomic mass is 16.6. The molecule has 3 rings (SSSR count). The molecule has 1 amide bonds. The molecule has 2 atom stereocenters. The zero-order valence-electron chi connectivity index (χ0n) is 13.5. The molecule has 0 N–H and O–H groups in total. The Labute approximate surface area is 139 Å². The van der Waals surface area contributed by atoms with Crippen LogP contribution in [0.4, 0.5) is 11.4 Å². The van der Waals surface area contributed by atoms with Crippen LogP contribution in [0.15, 0.2) is 48.5 Å². The van der Waals surface area contributed by atoms with Crippen LogP contribution >= 0.6 is 0 Å². The molecule has 0 saturated carbocycles. The number of hydrogen-bond donors (Lipinski definition) is 0. The Morgan fingerprint density at radius 1 is 1.25 bits per heavy atom. The van der Waals surface area contributed by atoms with Gasteiger partial charge in [-0.15, -0.1) is 0 Å². The molecule has 0 bridgehead atoms. The summed E-state index contributed by atoms with van der Waals surface area (Å²) in [6, 6.07) is 13.7. The highest BCUT2D eigenvalue weighted by Gasteiger charge is 2.33. The number of benzene rings is 2. The average molecular weight is 326 g/mol. The summed E-state index contributed by atoms with van der Waals surface area (Å²) in [5.74, 6) is 0.312. The molecule has 124 valence electrons. The molecular weight excluding hydrogens is 308 g/mol. The summed E-state index contributed by atoms with van der Waals surface area (Å²) in [5, 5.41) is 10.7. The van der Waals surface area contributed by atoms with E-state index < -0.39 is 11.0 Å². The van der Waals surface area contributed by atoms with Gasteiger partial charge in [0.25, 0.3) is 11.6 Å². The lowest BCUT2D eigenvalue weighted by Gasteiger charge is -2.26. The van der Waals surface area contributed by atoms with Crippen molar-refractivity contribution in [1.82, 2.24) is 0 Å². The summed E-state index contributed by atoms with van der Waals surface area (Å²) in [6.45, 7) is 3.70. The van der Waals surface area contributed by atoms with Crippen molar-refractivity contribution in [2.24, 2.45) is 0 Å². The normalized spacial score (nSPS) is 17.2. The number of rotatable bonds is 4. The van der Waals surface area contributed by atoms with Gasteiger partial charge in [-0.1, -0.05) is 18.2 Å². The predicted octanol–water partition coefficient (Wildman–Crippen LogP) is 3.34. The fraction of sp³-hybridized carbons (Fsp3) is 0.278. The molecule has 6 nitrogen and oxygen atoms in total. The van der Waals surface area contributed by atoms with E-state index in [1.807, 2.05) is 31.2 Å². The number of anilines is 1. The summed E-state index contributed by atoms with van der Waals surface area (Å²) in [6.07, 6.45) is 0.145. The van der Waals surface area contributed by atoms with Gasteiger partial charge in [0.1, 0.15) is 5.75 Å². The number of nitrogens with zero attached hydrogens (tertiary/aromatic N) is 2. The Hall–Kier alpha value is -2.89. The van der Waals surface area contributed by atoms with Crippen LogP contribution in [-0.4, -0.2) is 23.0 Å². The summed E-state index contributed by atoms with van der Waals surface area (Å²) >= 11 is 0. The number of para-hydroxylation sites is 1. The fourth-order valence-corrected chi connectivity index (χ4v) is 3.00. The number of nitro benzene ring substituents is 1. The van der Waals surface area contributed by atoms with Crippen molar-refractivity contribution < 1.29 is 14.5 Å². The van der Waals surface area contributed by atoms with E-state index in [2.05, 4.69) is 0 Å². The highest BCUT2D eigenvalue weighted by Crippen LogP contribution is 2.32. The topological polar surface area (TPSA) is 72.7 Å². The molecule has 2 aromatic rings. The van der Waals surface area contributed by atoms with E-state index in [0.29, 0.717) is 5.75 Å². The van der Waals surface area contributed by atoms with Crippen molar-refractivity contribution in [1.29, 1.82) is 0 Å². The molecule has 2 unspecified atom stereocenters. The first-order valence-corrected chi connectivity index (χ1v) is 7.79. The Morgan fingerprint density at radius 2 is 1.92 bits per heavy atom. The second-order valence-corrected chi connectivity index (χ2v) is 5.90. The number of hydrogen-bond acceptors (Lipinski definition) is 4. The third-order valence-electron chi connectivity index (χ3n) is 4.15. The van der Waals surface area contributed by atoms with Crippen LogP contribution in [0.2, 0.25) is 0 Å². The summed E-state index contributed by atoms with van der Waals surface area (Å²) in [4.78, 5) is 24.8. The van der Waals surface area contributed by atoms with Crippen LogP contribution in [0.5, 0.6) is 5.75 Å². The van der Waals surface area contributed by atoms with Crippen molar-refractivity contribution in [3.05, 3.63) is 64.2 Å². The van der Waals surface area contributed by atoms with Crippen molar-refractivity contribution in [2.75, 3.05) is 4.90 Å². The van der Waals surface area contributed by atoms with E-state index in [9.17, 15) is 14.9 Å². The summed E-state index contributed by atoms with van der Waals surface area (Å²) in [5.41, 5.74) is 2.07. The lowest BCUT2D eigenvalue weighted by Crippen LogP contribution is -2.43. The third kappa shape index (κ3) is 2.95. The lowest BCUT2D eigenvalue weighted by molar-refractivity contribution is -0.384. The zero-order valence-corrected chi connectivity index (χ0v) is 13.5. The van der Waals surface area contributed by atoms with Crippen molar-refractivity contribution in [2.45, 2.75) is 32.4 Å². The third-order valence-corrected chi connectivity index (χ3v) is 4.15. The number of amides is 1. The second kappa shape index (κ2) is 6.31. The highest BCUT2D eigenvalue weighted by molar-refractivity contribution is 5.99. The molecule has 1 heterocycles. The van der Waals surface area contributed by atoms with Gasteiger partial charge in [0.05, 0.1) is 4.92 Å². The molecule has 0 spiro atoms. The molecule has 0 aromatic heterocycles. The monoisotopic (exact) mass is 326 g/mol. The van der Waals surface area contributed by atoms with Crippen LogP contribution in [-0.2, 0) is 11.2 Å². The fourth-order valence-electron chi connectivity index (χ4n) is 3.00. The largest absolute Gasteiger partial charge is 0.481 e. The van der Waals surface area contributed by atoms with E-state index >= 15 is 0 Å². The smallest absolute Gasteiger partial charge is 0.269 e. The minimum atomic E-state index is -0.680. The Bertz CT molecular complexity index is 773. The van der Waals surface area contributed by atoms with Crippen molar-refractivity contribution >= 4 is 17.3 Å². The van der Waals surface area contributed by atoms with Crippen molar-refractivity contribution in [3.63, 3.8) is 0 Å². The van der Waals surface area contributed by atoms with Crippen LogP contribution in [0.3, 0.4) is 0 Å². The molecule has 1 aliphatic heterocycles. The average Bonchev–Trinajstić information content (AvgIpc) is 2.90. The van der Waals surface area contributed by atoms with E-state index in [1.54, 1.807) is 11.8 Å². The maximum absolute atomic E-state index is 12.8. The first kappa shape index (κ1) is 16.0. The van der Waals surface area contributed by atoms with Gasteiger partial charge in [-0.2, -0.15) is 0 Å². The number of non-ortho nitro benzene ring substituents is 1. The number of carbonyl (C=O) groups is 1. The SMILES string of the molecule is CC(Oc1ccc([N+](=O)[O-])cc1)C(=O)N1c2ccccc2CC1C. The Balaban J connectivity index is 1.74. The van der Waals surface area contributed by atoms with E-state index in [4.69, 9.17) is 4.74 Å². The number of ether oxygens (including phenoxy) is 1. The maximum Gasteiger partial charge on any atom is 0.269 e. The standard InChI is InChI=1S/C18H18N2O4/c1-12-11-14-5-3-4-6-17(14)19(12)18(21)13(2)24-16-9-7-15(8-10-16)20(22)23/h3-10,12-13H,11H2,1-2H3. The first-order chi connectivity index (χ1) is 11.5. The maximum atomic E-state index is 12.8. The van der Waals surface area contributed by atoms with Gasteiger partial charge in [0, 0.05) is 23.9 Å². The van der Waals surface area contributed by atoms with Gasteiger partial charge in [0.15, 0.2) is 6.10 Å². The number of carbonyl (C=O) groups excluding carboxylic acids is 1. The molecule has 1 aliphatic rings. The van der Waals surface area contributed by atoms with Crippen LogP contribution in [0, 0.1) is 10.1 Å². The van der Waals surface area contributed by atoms with Gasteiger partial charge in [-0.25, -0.2) is 0 Å². The Morgan fingerprint density at radius 3 is 2.58 bits per heavy atom. The van der Waals surface area contributed by atoms with E-state index in [-0.39, 0.29) is 17.6 Å². The quantitative estimate of drug-likeness (QED) is 0.638. The molecule has 0 saturated heterocycles. The van der Waals surface area contributed by atoms with Gasteiger partial charge in [0.2, 0.25) is 0 Å². The molecule has 0 aliphatic carbocycles. The molecule has 6 heteroatoms. The van der Waals surface area contributed by atoms with Crippen LogP contribution in [0.25, 0.3) is 0 Å². The van der Waals surface area contributed by atoms with Gasteiger partial charge in [-0.05, 0) is 44.0 Å². The van der Waals surface area contributed by atoms with Crippen molar-refractivity contribution in [3.8, 4) is 5.75 Å². The number of fused-ring (bicyclic) bond motifs is 1. The van der Waals surface area contributed by atoms with E-state index in [0.717, 1.165) is 17.7 Å². The number of nitro groups is 1. The minimum Gasteiger partial charge on any atom is -0.481 e. The molecule has 24 heavy (non-hydrogen) atoms. The predicted molar refractivity (Wildman–Crippen MR) is 90.3 cm³/mol. The van der Waals surface area contributed by atoms with Crippen LogP contribution in [0.1, 0.15) is 19.4 Å². The molecule has 0 radical (unpaired) electrons. The lowest BCUT2D eigenvalue weighted by atomic mass is 10.1. The molecular formula is C18H18N2O4. The first-order valence-electron chi connectivity index (χ1n) is 7.79.